The Labute approximate surface area is 196 Å². The fourth-order valence-corrected chi connectivity index (χ4v) is 5.29. The molecule has 1 aliphatic carbocycles. The number of aromatic hydroxyl groups is 2. The topological polar surface area (TPSA) is 154 Å². The molecule has 10 heteroatoms. The first kappa shape index (κ1) is 24.3. The van der Waals surface area contributed by atoms with Gasteiger partial charge in [0.2, 0.25) is 0 Å². The van der Waals surface area contributed by atoms with Gasteiger partial charge in [-0.2, -0.15) is 0 Å². The van der Waals surface area contributed by atoms with Gasteiger partial charge in [0.25, 0.3) is 0 Å². The van der Waals surface area contributed by atoms with Crippen LogP contribution in [0.4, 0.5) is 0 Å². The SMILES string of the molecule is C[C@H]1O[C@H](CC(=O)O)Cc2c(O)c3c(c(O)c21)C(=O)C(C1C[C@@H](N(C)C)[C@H](O)[C@@H](C)O1)=CC3=O. The van der Waals surface area contributed by atoms with Gasteiger partial charge in [-0.05, 0) is 40.4 Å². The second-order valence-corrected chi connectivity index (χ2v) is 9.42. The predicted molar refractivity (Wildman–Crippen MR) is 118 cm³/mol. The molecule has 0 bridgehead atoms. The number of Topliss-reactive ketones (excluding diaryl/α,β-unsaturated/α-hetero) is 1. The molecule has 1 aromatic carbocycles. The Hall–Kier alpha value is -2.79. The van der Waals surface area contributed by atoms with E-state index in [0.29, 0.717) is 0 Å². The Morgan fingerprint density at radius 1 is 1.12 bits per heavy atom. The van der Waals surface area contributed by atoms with Crippen LogP contribution in [-0.4, -0.2) is 87.4 Å². The van der Waals surface area contributed by atoms with Gasteiger partial charge in [-0.1, -0.05) is 0 Å². The summed E-state index contributed by atoms with van der Waals surface area (Å²) in [7, 11) is 3.60. The van der Waals surface area contributed by atoms with E-state index in [0.717, 1.165) is 6.08 Å². The van der Waals surface area contributed by atoms with Gasteiger partial charge >= 0.3 is 5.97 Å². The van der Waals surface area contributed by atoms with Crippen LogP contribution in [0.5, 0.6) is 11.5 Å². The smallest absolute Gasteiger partial charge is 0.305 e. The number of rotatable bonds is 4. The van der Waals surface area contributed by atoms with Crippen molar-refractivity contribution in [1.29, 1.82) is 0 Å². The molecule has 2 heterocycles. The zero-order valence-corrected chi connectivity index (χ0v) is 19.4. The summed E-state index contributed by atoms with van der Waals surface area (Å²) in [4.78, 5) is 39.6. The quantitative estimate of drug-likeness (QED) is 0.469. The second-order valence-electron chi connectivity index (χ2n) is 9.42. The van der Waals surface area contributed by atoms with E-state index < -0.39 is 59.6 Å². The highest BCUT2D eigenvalue weighted by Gasteiger charge is 2.44. The van der Waals surface area contributed by atoms with E-state index >= 15 is 0 Å². The largest absolute Gasteiger partial charge is 0.507 e. The standard InChI is InChI=1S/C24H29NO9/c1-9-18-13(5-11(33-9)6-17(27)28)23(31)19-15(26)7-12(22(30)20(19)24(18)32)16-8-14(25(3)4)21(29)10(2)34-16/h7,9-11,14,16,21,29,31-32H,5-6,8H2,1-4H3,(H,27,28)/t9-,10-,11+,14-,16?,21-/m1/s1. The van der Waals surface area contributed by atoms with Crippen LogP contribution in [-0.2, 0) is 20.7 Å². The molecule has 1 unspecified atom stereocenters. The van der Waals surface area contributed by atoms with Crippen LogP contribution in [0.2, 0.25) is 0 Å². The van der Waals surface area contributed by atoms with Crippen molar-refractivity contribution in [2.45, 2.75) is 69.7 Å². The van der Waals surface area contributed by atoms with Gasteiger partial charge in [0.15, 0.2) is 11.6 Å². The van der Waals surface area contributed by atoms with Crippen molar-refractivity contribution in [2.24, 2.45) is 0 Å². The predicted octanol–water partition coefficient (Wildman–Crippen LogP) is 1.35. The molecular formula is C24H29NO9. The molecule has 10 nitrogen and oxygen atoms in total. The number of aliphatic carboxylic acids is 1. The third kappa shape index (κ3) is 3.90. The van der Waals surface area contributed by atoms with Gasteiger partial charge < -0.3 is 34.8 Å². The first-order valence-electron chi connectivity index (χ1n) is 11.2. The summed E-state index contributed by atoms with van der Waals surface area (Å²) in [5.74, 6) is -3.28. The number of likely N-dealkylation sites (N-methyl/N-ethyl adjacent to an activating group) is 1. The zero-order valence-electron chi connectivity index (χ0n) is 19.4. The third-order valence-corrected chi connectivity index (χ3v) is 6.97. The van der Waals surface area contributed by atoms with Crippen LogP contribution >= 0.6 is 0 Å². The lowest BCUT2D eigenvalue weighted by atomic mass is 9.78. The number of hydrogen-bond acceptors (Lipinski definition) is 9. The number of benzene rings is 1. The second kappa shape index (κ2) is 8.77. The van der Waals surface area contributed by atoms with Gasteiger partial charge in [0, 0.05) is 29.2 Å². The van der Waals surface area contributed by atoms with E-state index in [2.05, 4.69) is 0 Å². The van der Waals surface area contributed by atoms with Crippen molar-refractivity contribution in [3.63, 3.8) is 0 Å². The molecule has 1 saturated heterocycles. The molecular weight excluding hydrogens is 446 g/mol. The molecule has 34 heavy (non-hydrogen) atoms. The van der Waals surface area contributed by atoms with Crippen LogP contribution in [0.3, 0.4) is 0 Å². The van der Waals surface area contributed by atoms with Crippen LogP contribution in [0, 0.1) is 0 Å². The number of phenols is 2. The first-order valence-corrected chi connectivity index (χ1v) is 11.2. The van der Waals surface area contributed by atoms with E-state index in [1.807, 2.05) is 4.90 Å². The number of ketones is 2. The number of fused-ring (bicyclic) bond motifs is 2. The summed E-state index contributed by atoms with van der Waals surface area (Å²) in [6.07, 6.45) is -2.69. The molecule has 4 rings (SSSR count). The van der Waals surface area contributed by atoms with E-state index in [1.165, 1.54) is 0 Å². The number of aliphatic hydroxyl groups is 1. The average molecular weight is 475 g/mol. The molecule has 1 aromatic rings. The average Bonchev–Trinajstić information content (AvgIpc) is 2.74. The van der Waals surface area contributed by atoms with Crippen molar-refractivity contribution in [3.8, 4) is 11.5 Å². The van der Waals surface area contributed by atoms with Crippen molar-refractivity contribution < 1.29 is 44.3 Å². The molecule has 3 aliphatic rings. The van der Waals surface area contributed by atoms with E-state index in [9.17, 15) is 29.7 Å². The number of carbonyl (C=O) groups excluding carboxylic acids is 2. The van der Waals surface area contributed by atoms with E-state index in [-0.39, 0.29) is 53.1 Å². The van der Waals surface area contributed by atoms with Crippen molar-refractivity contribution in [2.75, 3.05) is 14.1 Å². The summed E-state index contributed by atoms with van der Waals surface area (Å²) >= 11 is 0. The molecule has 6 atom stereocenters. The lowest BCUT2D eigenvalue weighted by Gasteiger charge is -2.42. The van der Waals surface area contributed by atoms with Crippen molar-refractivity contribution >= 4 is 17.5 Å². The minimum atomic E-state index is -1.08. The number of allylic oxidation sites excluding steroid dienone is 1. The van der Waals surface area contributed by atoms with Gasteiger partial charge in [-0.25, -0.2) is 0 Å². The number of carboxylic acid groups (broad SMARTS) is 1. The molecule has 0 radical (unpaired) electrons. The molecule has 0 amide bonds. The summed E-state index contributed by atoms with van der Waals surface area (Å²) in [6.45, 7) is 3.27. The normalized spacial score (nSPS) is 31.2. The lowest BCUT2D eigenvalue weighted by molar-refractivity contribution is -0.141. The van der Waals surface area contributed by atoms with Gasteiger partial charge in [0.1, 0.15) is 11.5 Å². The third-order valence-electron chi connectivity index (χ3n) is 6.97. The summed E-state index contributed by atoms with van der Waals surface area (Å²) in [5, 5.41) is 41.6. The highest BCUT2D eigenvalue weighted by molar-refractivity contribution is 6.27. The minimum absolute atomic E-state index is 0.0255. The number of phenolic OH excluding ortho intramolecular Hbond substituents is 2. The number of carboxylic acids is 1. The number of aliphatic hydroxyl groups excluding tert-OH is 1. The number of nitrogens with zero attached hydrogens (tertiary/aromatic N) is 1. The van der Waals surface area contributed by atoms with Crippen molar-refractivity contribution in [1.82, 2.24) is 4.90 Å². The number of hydrogen-bond donors (Lipinski definition) is 4. The van der Waals surface area contributed by atoms with Crippen LogP contribution in [0.15, 0.2) is 11.6 Å². The maximum atomic E-state index is 13.5. The van der Waals surface area contributed by atoms with E-state index in [4.69, 9.17) is 14.6 Å². The Bertz CT molecular complexity index is 1090. The fraction of sp³-hybridized carbons (Fsp3) is 0.542. The van der Waals surface area contributed by atoms with Crippen molar-refractivity contribution in [3.05, 3.63) is 33.9 Å². The van der Waals surface area contributed by atoms with Gasteiger partial charge in [-0.3, -0.25) is 14.4 Å². The molecule has 1 fully saturated rings. The minimum Gasteiger partial charge on any atom is -0.507 e. The maximum Gasteiger partial charge on any atom is 0.305 e. The molecule has 0 aromatic heterocycles. The Morgan fingerprint density at radius 2 is 1.79 bits per heavy atom. The van der Waals surface area contributed by atoms with Crippen LogP contribution in [0.1, 0.15) is 64.6 Å². The Balaban J connectivity index is 1.76. The zero-order chi connectivity index (χ0) is 25.1. The van der Waals surface area contributed by atoms with E-state index in [1.54, 1.807) is 27.9 Å². The van der Waals surface area contributed by atoms with Crippen LogP contribution in [0.25, 0.3) is 0 Å². The first-order chi connectivity index (χ1) is 15.9. The Kier molecular flexibility index (Phi) is 6.28. The highest BCUT2D eigenvalue weighted by atomic mass is 16.5. The van der Waals surface area contributed by atoms with Gasteiger partial charge in [-0.15, -0.1) is 0 Å². The molecule has 0 spiro atoms. The highest BCUT2D eigenvalue weighted by Crippen LogP contribution is 2.48. The summed E-state index contributed by atoms with van der Waals surface area (Å²) in [5.41, 5.74) is -0.195. The maximum absolute atomic E-state index is 13.5. The number of carbonyl (C=O) groups is 3. The summed E-state index contributed by atoms with van der Waals surface area (Å²) in [6, 6.07) is -0.316. The molecule has 4 N–H and O–H groups in total. The lowest BCUT2D eigenvalue weighted by Crippen LogP contribution is -2.53. The number of ether oxygens (including phenoxy) is 2. The summed E-state index contributed by atoms with van der Waals surface area (Å²) < 4.78 is 11.6. The molecule has 0 saturated carbocycles. The molecule has 184 valence electrons. The van der Waals surface area contributed by atoms with Gasteiger partial charge in [0.05, 0.1) is 48.1 Å². The Morgan fingerprint density at radius 3 is 2.41 bits per heavy atom. The monoisotopic (exact) mass is 475 g/mol. The van der Waals surface area contributed by atoms with Crippen LogP contribution < -0.4 is 0 Å². The molecule has 2 aliphatic heterocycles. The fourth-order valence-electron chi connectivity index (χ4n) is 5.29.